The quantitative estimate of drug-likeness (QED) is 0.185. The zero-order valence-electron chi connectivity index (χ0n) is 29.3. The Morgan fingerprint density at radius 3 is 1.37 bits per heavy atom. The Kier molecular flexibility index (Phi) is 6.90. The van der Waals surface area contributed by atoms with E-state index in [0.29, 0.717) is 0 Å². The fraction of sp³-hybridized carbons (Fsp3) is 0. The maximum atomic E-state index is 6.87. The van der Waals surface area contributed by atoms with E-state index in [1.165, 1.54) is 38.4 Å². The molecule has 0 aliphatic rings. The normalized spacial score (nSPS) is 11.7. The van der Waals surface area contributed by atoms with Crippen LogP contribution in [0.25, 0.3) is 110 Å². The highest BCUT2D eigenvalue weighted by atomic mass is 16.3. The van der Waals surface area contributed by atoms with E-state index in [1.807, 2.05) is 12.1 Å². The van der Waals surface area contributed by atoms with Crippen molar-refractivity contribution in [2.45, 2.75) is 0 Å². The molecule has 0 saturated heterocycles. The van der Waals surface area contributed by atoms with Gasteiger partial charge in [0.15, 0.2) is 0 Å². The minimum Gasteiger partial charge on any atom is -0.455 e. The van der Waals surface area contributed by atoms with E-state index in [9.17, 15) is 0 Å². The molecule has 0 aliphatic heterocycles. The second-order valence-corrected chi connectivity index (χ2v) is 14.0. The van der Waals surface area contributed by atoms with Gasteiger partial charge in [0.2, 0.25) is 0 Å². The number of para-hydroxylation sites is 1. The maximum absolute atomic E-state index is 6.87. The molecule has 2 aromatic heterocycles. The van der Waals surface area contributed by atoms with Gasteiger partial charge in [0.25, 0.3) is 0 Å². The summed E-state index contributed by atoms with van der Waals surface area (Å²) in [5, 5.41) is 11.3. The molecular weight excluding hydrogens is 657 g/mol. The first kappa shape index (κ1) is 30.5. The van der Waals surface area contributed by atoms with Crippen LogP contribution in [-0.4, -0.2) is 0 Å². The third-order valence-corrected chi connectivity index (χ3v) is 10.9. The molecule has 252 valence electrons. The van der Waals surface area contributed by atoms with Gasteiger partial charge in [0.05, 0.1) is 0 Å². The molecule has 0 fully saturated rings. The smallest absolute Gasteiger partial charge is 0.144 e. The molecule has 0 unspecified atom stereocenters. The monoisotopic (exact) mass is 688 g/mol. The molecule has 2 heteroatoms. The number of fused-ring (bicyclic) bond motifs is 12. The summed E-state index contributed by atoms with van der Waals surface area (Å²) in [4.78, 5) is 0. The fourth-order valence-electron chi connectivity index (χ4n) is 8.36. The van der Waals surface area contributed by atoms with Crippen LogP contribution in [0.1, 0.15) is 0 Å². The molecule has 9 aromatic carbocycles. The van der Waals surface area contributed by atoms with Crippen molar-refractivity contribution in [1.29, 1.82) is 0 Å². The van der Waals surface area contributed by atoms with Gasteiger partial charge in [-0.05, 0) is 85.3 Å². The second kappa shape index (κ2) is 12.2. The predicted octanol–water partition coefficient (Wildman–Crippen LogP) is 15.1. The lowest BCUT2D eigenvalue weighted by Gasteiger charge is -2.11. The van der Waals surface area contributed by atoms with Crippen molar-refractivity contribution in [1.82, 2.24) is 0 Å². The molecule has 0 saturated carbocycles. The van der Waals surface area contributed by atoms with Crippen LogP contribution in [0.5, 0.6) is 0 Å². The third-order valence-electron chi connectivity index (χ3n) is 10.9. The van der Waals surface area contributed by atoms with Crippen LogP contribution in [-0.2, 0) is 0 Å². The zero-order valence-corrected chi connectivity index (χ0v) is 29.3. The SMILES string of the molecule is c1ccc(-c2ccc3cc(-c4ccccccc(-c5ccc6c(c5)oc5c7ccccc7c7oc8ccccc8c7c65)c5ccccc45)ccc3c2)cc1. The van der Waals surface area contributed by atoms with Crippen molar-refractivity contribution in [3.63, 3.8) is 0 Å². The third kappa shape index (κ3) is 4.81. The topological polar surface area (TPSA) is 26.3 Å². The first-order valence-corrected chi connectivity index (χ1v) is 18.4. The Hall–Kier alpha value is -7.16. The number of hydrogen-bond donors (Lipinski definition) is 0. The summed E-state index contributed by atoms with van der Waals surface area (Å²) in [6.45, 7) is 0. The van der Waals surface area contributed by atoms with Crippen molar-refractivity contribution in [3.05, 3.63) is 194 Å². The Labute approximate surface area is 311 Å². The number of hydrogen-bond acceptors (Lipinski definition) is 2. The molecule has 0 N–H and O–H groups in total. The molecule has 0 bridgehead atoms. The van der Waals surface area contributed by atoms with E-state index in [4.69, 9.17) is 8.83 Å². The highest BCUT2D eigenvalue weighted by molar-refractivity contribution is 6.34. The minimum absolute atomic E-state index is 0.852. The molecule has 11 aromatic rings. The van der Waals surface area contributed by atoms with Gasteiger partial charge in [-0.25, -0.2) is 0 Å². The number of benzene rings is 8. The van der Waals surface area contributed by atoms with Gasteiger partial charge in [-0.2, -0.15) is 0 Å². The lowest BCUT2D eigenvalue weighted by molar-refractivity contribution is 0.668. The van der Waals surface area contributed by atoms with Gasteiger partial charge in [-0.15, -0.1) is 0 Å². The van der Waals surface area contributed by atoms with E-state index in [0.717, 1.165) is 71.2 Å². The van der Waals surface area contributed by atoms with Crippen LogP contribution < -0.4 is 0 Å². The number of furan rings is 2. The van der Waals surface area contributed by atoms with Gasteiger partial charge in [0, 0.05) is 32.3 Å². The summed E-state index contributed by atoms with van der Waals surface area (Å²) in [6.07, 6.45) is 0. The van der Waals surface area contributed by atoms with Crippen molar-refractivity contribution in [3.8, 4) is 33.4 Å². The molecule has 0 atom stereocenters. The summed E-state index contributed by atoms with van der Waals surface area (Å²) in [5.41, 5.74) is 10.5. The summed E-state index contributed by atoms with van der Waals surface area (Å²) < 4.78 is 13.4. The van der Waals surface area contributed by atoms with Crippen molar-refractivity contribution in [2.75, 3.05) is 0 Å². The average molecular weight is 689 g/mol. The molecule has 54 heavy (non-hydrogen) atoms. The maximum Gasteiger partial charge on any atom is 0.144 e. The van der Waals surface area contributed by atoms with Crippen LogP contribution in [0.15, 0.2) is 203 Å². The highest BCUT2D eigenvalue weighted by Gasteiger charge is 2.21. The van der Waals surface area contributed by atoms with E-state index in [1.54, 1.807) is 0 Å². The van der Waals surface area contributed by atoms with Crippen molar-refractivity contribution < 1.29 is 8.83 Å². The predicted molar refractivity (Wildman–Crippen MR) is 227 cm³/mol. The summed E-state index contributed by atoms with van der Waals surface area (Å²) in [7, 11) is 0. The van der Waals surface area contributed by atoms with E-state index < -0.39 is 0 Å². The first-order valence-electron chi connectivity index (χ1n) is 18.4. The van der Waals surface area contributed by atoms with E-state index in [-0.39, 0.29) is 0 Å². The fourth-order valence-corrected chi connectivity index (χ4v) is 8.36. The average Bonchev–Trinajstić information content (AvgIpc) is 3.81. The van der Waals surface area contributed by atoms with Crippen LogP contribution in [0.3, 0.4) is 0 Å². The Bertz CT molecular complexity index is 3330. The van der Waals surface area contributed by atoms with E-state index in [2.05, 4.69) is 182 Å². The molecule has 2 heterocycles. The van der Waals surface area contributed by atoms with Gasteiger partial charge in [-0.3, -0.25) is 0 Å². The van der Waals surface area contributed by atoms with Crippen molar-refractivity contribution >= 4 is 76.2 Å². The molecule has 0 aliphatic carbocycles. The molecule has 11 rings (SSSR count). The zero-order chi connectivity index (χ0) is 35.6. The van der Waals surface area contributed by atoms with E-state index >= 15 is 0 Å². The Balaban J connectivity index is 1.13. The van der Waals surface area contributed by atoms with Crippen LogP contribution in [0.4, 0.5) is 0 Å². The molecule has 0 spiro atoms. The standard InChI is InChI=1S/C52H32O2/c1-2-7-17-40(38-28-29-46-48(32-38)54-52-44-21-11-10-20-43(44)51-49(50(46)52)45-22-12-13-23-47(45)53-51)42-19-9-8-18-41(42)39(16-6-1)37-27-26-35-30-34(24-25-36(35)31-37)33-14-4-3-5-15-33/h1-32H. The first-order chi connectivity index (χ1) is 26.8. The molecule has 2 nitrogen and oxygen atoms in total. The van der Waals surface area contributed by atoms with Gasteiger partial charge < -0.3 is 8.83 Å². The summed E-state index contributed by atoms with van der Waals surface area (Å²) in [6, 6.07) is 69.2. The second-order valence-electron chi connectivity index (χ2n) is 14.0. The highest BCUT2D eigenvalue weighted by Crippen LogP contribution is 2.46. The van der Waals surface area contributed by atoms with Gasteiger partial charge >= 0.3 is 0 Å². The largest absolute Gasteiger partial charge is 0.455 e. The summed E-state index contributed by atoms with van der Waals surface area (Å²) >= 11 is 0. The Morgan fingerprint density at radius 1 is 0.259 bits per heavy atom. The summed E-state index contributed by atoms with van der Waals surface area (Å²) in [5.74, 6) is 0. The lowest BCUT2D eigenvalue weighted by Crippen LogP contribution is -1.84. The molecular formula is C52H32O2. The van der Waals surface area contributed by atoms with Crippen LogP contribution >= 0.6 is 0 Å². The van der Waals surface area contributed by atoms with Crippen LogP contribution in [0.2, 0.25) is 0 Å². The van der Waals surface area contributed by atoms with Crippen LogP contribution in [0, 0.1) is 0 Å². The van der Waals surface area contributed by atoms with Crippen molar-refractivity contribution in [2.24, 2.45) is 0 Å². The van der Waals surface area contributed by atoms with Gasteiger partial charge in [0.1, 0.15) is 22.3 Å². The molecule has 0 amide bonds. The molecule has 0 radical (unpaired) electrons. The number of rotatable bonds is 3. The Morgan fingerprint density at radius 2 is 0.704 bits per heavy atom. The lowest BCUT2D eigenvalue weighted by atomic mass is 9.93. The minimum atomic E-state index is 0.852. The van der Waals surface area contributed by atoms with Gasteiger partial charge in [-0.1, -0.05) is 164 Å².